The molecule has 1 aromatic carbocycles. The van der Waals surface area contributed by atoms with Crippen molar-refractivity contribution >= 4 is 0 Å². The minimum absolute atomic E-state index is 0.118. The van der Waals surface area contributed by atoms with Gasteiger partial charge in [-0.3, -0.25) is 4.98 Å². The normalized spacial score (nSPS) is 11.2. The maximum absolute atomic E-state index is 12.3. The van der Waals surface area contributed by atoms with Gasteiger partial charge in [-0.05, 0) is 18.2 Å². The van der Waals surface area contributed by atoms with Gasteiger partial charge in [-0.1, -0.05) is 12.1 Å². The molecule has 20 heavy (non-hydrogen) atoms. The van der Waals surface area contributed by atoms with Gasteiger partial charge in [0.05, 0.1) is 12.8 Å². The van der Waals surface area contributed by atoms with Crippen molar-refractivity contribution in [3.05, 3.63) is 48.3 Å². The van der Waals surface area contributed by atoms with Crippen molar-refractivity contribution in [2.45, 2.75) is 13.0 Å². The molecule has 1 N–H and O–H groups in total. The Labute approximate surface area is 112 Å². The molecular weight excluding hydrogens is 275 g/mol. The van der Waals surface area contributed by atoms with Crippen LogP contribution in [0.2, 0.25) is 0 Å². The van der Waals surface area contributed by atoms with Crippen LogP contribution in [0.15, 0.2) is 42.7 Å². The summed E-state index contributed by atoms with van der Waals surface area (Å²) in [5, 5.41) is 9.13. The molecule has 106 valence electrons. The molecule has 0 aliphatic heterocycles. The van der Waals surface area contributed by atoms with Gasteiger partial charge >= 0.3 is 6.36 Å². The van der Waals surface area contributed by atoms with E-state index >= 15 is 0 Å². The summed E-state index contributed by atoms with van der Waals surface area (Å²) >= 11 is 0. The minimum atomic E-state index is -4.81. The average Bonchev–Trinajstić information content (AvgIpc) is 2.40. The van der Waals surface area contributed by atoms with E-state index in [0.717, 1.165) is 6.07 Å². The van der Waals surface area contributed by atoms with Crippen molar-refractivity contribution in [3.8, 4) is 17.2 Å². The molecule has 0 unspecified atom stereocenters. The number of hydrogen-bond donors (Lipinski definition) is 1. The van der Waals surface area contributed by atoms with Gasteiger partial charge in [0.1, 0.15) is 0 Å². The van der Waals surface area contributed by atoms with E-state index in [9.17, 15) is 13.2 Å². The number of aliphatic hydroxyl groups excluding tert-OH is 1. The van der Waals surface area contributed by atoms with Crippen LogP contribution < -0.4 is 9.47 Å². The molecule has 0 saturated carbocycles. The summed E-state index contributed by atoms with van der Waals surface area (Å²) in [4.78, 5) is 3.79. The molecule has 7 heteroatoms. The quantitative estimate of drug-likeness (QED) is 0.936. The van der Waals surface area contributed by atoms with Gasteiger partial charge < -0.3 is 14.6 Å². The van der Waals surface area contributed by atoms with Gasteiger partial charge in [-0.2, -0.15) is 0 Å². The van der Waals surface area contributed by atoms with E-state index in [1.807, 2.05) is 0 Å². The van der Waals surface area contributed by atoms with Gasteiger partial charge in [0, 0.05) is 11.8 Å². The number of aromatic nitrogens is 1. The Morgan fingerprint density at radius 2 is 1.75 bits per heavy atom. The Kier molecular flexibility index (Phi) is 4.09. The van der Waals surface area contributed by atoms with Crippen molar-refractivity contribution in [1.82, 2.24) is 4.98 Å². The summed E-state index contributed by atoms with van der Waals surface area (Å²) in [5.41, 5.74) is 0.404. The van der Waals surface area contributed by atoms with E-state index in [-0.39, 0.29) is 18.1 Å². The van der Waals surface area contributed by atoms with Crippen molar-refractivity contribution in [2.24, 2.45) is 0 Å². The Morgan fingerprint density at radius 1 is 1.05 bits per heavy atom. The van der Waals surface area contributed by atoms with Crippen LogP contribution >= 0.6 is 0 Å². The van der Waals surface area contributed by atoms with Crippen LogP contribution in [-0.2, 0) is 6.61 Å². The minimum Gasteiger partial charge on any atom is -0.451 e. The highest BCUT2D eigenvalue weighted by atomic mass is 19.4. The van der Waals surface area contributed by atoms with E-state index < -0.39 is 12.1 Å². The largest absolute Gasteiger partial charge is 0.573 e. The predicted octanol–water partition coefficient (Wildman–Crippen LogP) is 3.26. The summed E-state index contributed by atoms with van der Waals surface area (Å²) < 4.78 is 46.0. The van der Waals surface area contributed by atoms with Crippen LogP contribution in [0.3, 0.4) is 0 Å². The molecule has 0 aliphatic carbocycles. The highest BCUT2D eigenvalue weighted by Crippen LogP contribution is 2.35. The maximum atomic E-state index is 12.3. The van der Waals surface area contributed by atoms with Crippen molar-refractivity contribution in [1.29, 1.82) is 0 Å². The maximum Gasteiger partial charge on any atom is 0.573 e. The topological polar surface area (TPSA) is 51.6 Å². The van der Waals surface area contributed by atoms with Gasteiger partial charge in [-0.25, -0.2) is 0 Å². The molecule has 0 atom stereocenters. The lowest BCUT2D eigenvalue weighted by Gasteiger charge is -2.14. The first-order valence-corrected chi connectivity index (χ1v) is 5.56. The first kappa shape index (κ1) is 14.1. The molecule has 1 heterocycles. The zero-order valence-corrected chi connectivity index (χ0v) is 10.1. The summed E-state index contributed by atoms with van der Waals surface area (Å²) in [6.07, 6.45) is -2.07. The number of halogens is 3. The number of aliphatic hydroxyl groups is 1. The Bertz CT molecular complexity index is 587. The Morgan fingerprint density at radius 3 is 2.40 bits per heavy atom. The number of benzene rings is 1. The molecule has 2 aromatic rings. The lowest BCUT2D eigenvalue weighted by atomic mass is 10.2. The first-order chi connectivity index (χ1) is 9.49. The van der Waals surface area contributed by atoms with Crippen LogP contribution in [0.1, 0.15) is 5.56 Å². The fraction of sp³-hybridized carbons (Fsp3) is 0.154. The van der Waals surface area contributed by atoms with Crippen molar-refractivity contribution < 1.29 is 27.8 Å². The van der Waals surface area contributed by atoms with E-state index in [4.69, 9.17) is 9.84 Å². The zero-order chi connectivity index (χ0) is 14.6. The number of alkyl halides is 3. The fourth-order valence-corrected chi connectivity index (χ4v) is 1.49. The zero-order valence-electron chi connectivity index (χ0n) is 10.1. The monoisotopic (exact) mass is 285 g/mol. The molecule has 0 bridgehead atoms. The molecule has 0 spiro atoms. The summed E-state index contributed by atoms with van der Waals surface area (Å²) in [6, 6.07) is 6.87. The average molecular weight is 285 g/mol. The number of nitrogens with zero attached hydrogens (tertiary/aromatic N) is 1. The van der Waals surface area contributed by atoms with Crippen molar-refractivity contribution in [3.63, 3.8) is 0 Å². The summed E-state index contributed by atoms with van der Waals surface area (Å²) in [6.45, 7) is -0.319. The lowest BCUT2D eigenvalue weighted by molar-refractivity contribution is -0.275. The molecule has 0 saturated heterocycles. The first-order valence-electron chi connectivity index (χ1n) is 5.56. The van der Waals surface area contributed by atoms with Gasteiger partial charge in [0.25, 0.3) is 0 Å². The standard InChI is InChI=1S/C13H10F3NO3/c14-13(15,16)20-11-4-2-1-3-10(11)19-12-7-17-6-5-9(12)8-18/h1-7,18H,8H2. The third-order valence-corrected chi connectivity index (χ3v) is 2.34. The third-order valence-electron chi connectivity index (χ3n) is 2.34. The second-order valence-electron chi connectivity index (χ2n) is 3.74. The number of para-hydroxylation sites is 2. The van der Waals surface area contributed by atoms with Crippen LogP contribution in [0.4, 0.5) is 13.2 Å². The van der Waals surface area contributed by atoms with E-state index in [0.29, 0.717) is 5.56 Å². The molecule has 4 nitrogen and oxygen atoms in total. The third kappa shape index (κ3) is 3.61. The van der Waals surface area contributed by atoms with E-state index in [1.165, 1.54) is 36.7 Å². The van der Waals surface area contributed by atoms with Crippen LogP contribution in [-0.4, -0.2) is 16.5 Å². The molecular formula is C13H10F3NO3. The van der Waals surface area contributed by atoms with Gasteiger partial charge in [-0.15, -0.1) is 13.2 Å². The summed E-state index contributed by atoms with van der Waals surface area (Å²) in [7, 11) is 0. The van der Waals surface area contributed by atoms with Crippen LogP contribution in [0.5, 0.6) is 17.2 Å². The lowest BCUT2D eigenvalue weighted by Crippen LogP contribution is -2.17. The molecule has 2 rings (SSSR count). The Balaban J connectivity index is 2.29. The number of ether oxygens (including phenoxy) is 2. The van der Waals surface area contributed by atoms with E-state index in [1.54, 1.807) is 0 Å². The van der Waals surface area contributed by atoms with Gasteiger partial charge in [0.2, 0.25) is 0 Å². The fourth-order valence-electron chi connectivity index (χ4n) is 1.49. The highest BCUT2D eigenvalue weighted by molar-refractivity contribution is 5.44. The second kappa shape index (κ2) is 5.79. The van der Waals surface area contributed by atoms with Crippen molar-refractivity contribution in [2.75, 3.05) is 0 Å². The number of rotatable bonds is 4. The molecule has 0 radical (unpaired) electrons. The number of hydrogen-bond acceptors (Lipinski definition) is 4. The Hall–Kier alpha value is -2.28. The number of pyridine rings is 1. The predicted molar refractivity (Wildman–Crippen MR) is 63.4 cm³/mol. The molecule has 0 amide bonds. The van der Waals surface area contributed by atoms with E-state index in [2.05, 4.69) is 9.72 Å². The van der Waals surface area contributed by atoms with Crippen LogP contribution in [0.25, 0.3) is 0 Å². The molecule has 0 aliphatic rings. The molecule has 1 aromatic heterocycles. The summed E-state index contributed by atoms with van der Waals surface area (Å²) in [5.74, 6) is -0.423. The molecule has 0 fully saturated rings. The highest BCUT2D eigenvalue weighted by Gasteiger charge is 2.32. The second-order valence-corrected chi connectivity index (χ2v) is 3.74. The SMILES string of the molecule is OCc1ccncc1Oc1ccccc1OC(F)(F)F. The van der Waals surface area contributed by atoms with Crippen LogP contribution in [0, 0.1) is 0 Å². The van der Waals surface area contributed by atoms with Gasteiger partial charge in [0.15, 0.2) is 17.2 Å². The smallest absolute Gasteiger partial charge is 0.451 e.